The Morgan fingerprint density at radius 3 is 2.80 bits per heavy atom. The SMILES string of the molecule is Fc1c(Br)cnc(Cl)c1I. The Bertz CT molecular complexity index is 241. The van der Waals surface area contributed by atoms with Gasteiger partial charge in [-0.1, -0.05) is 11.6 Å². The van der Waals surface area contributed by atoms with Gasteiger partial charge >= 0.3 is 0 Å². The van der Waals surface area contributed by atoms with Gasteiger partial charge in [0.1, 0.15) is 5.15 Å². The number of hydrogen-bond donors (Lipinski definition) is 0. The molecule has 0 aliphatic carbocycles. The number of aromatic nitrogens is 1. The first-order valence-corrected chi connectivity index (χ1v) is 4.53. The average molecular weight is 336 g/mol. The monoisotopic (exact) mass is 335 g/mol. The molecule has 0 aliphatic rings. The molecule has 0 fully saturated rings. The Labute approximate surface area is 84.2 Å². The third-order valence-corrected chi connectivity index (χ3v) is 3.02. The first-order valence-electron chi connectivity index (χ1n) is 2.28. The second-order valence-electron chi connectivity index (χ2n) is 1.52. The zero-order chi connectivity index (χ0) is 7.72. The topological polar surface area (TPSA) is 12.9 Å². The van der Waals surface area contributed by atoms with Crippen molar-refractivity contribution in [2.75, 3.05) is 0 Å². The summed E-state index contributed by atoms with van der Waals surface area (Å²) in [5.74, 6) is -0.361. The van der Waals surface area contributed by atoms with Crippen LogP contribution in [0.1, 0.15) is 0 Å². The Morgan fingerprint density at radius 1 is 1.70 bits per heavy atom. The van der Waals surface area contributed by atoms with Crippen molar-refractivity contribution in [1.82, 2.24) is 4.98 Å². The molecule has 0 bridgehead atoms. The van der Waals surface area contributed by atoms with Crippen LogP contribution in [0.2, 0.25) is 5.15 Å². The highest BCUT2D eigenvalue weighted by Crippen LogP contribution is 2.24. The van der Waals surface area contributed by atoms with Gasteiger partial charge in [0.05, 0.1) is 8.04 Å². The summed E-state index contributed by atoms with van der Waals surface area (Å²) in [7, 11) is 0. The summed E-state index contributed by atoms with van der Waals surface area (Å²) >= 11 is 10.3. The first kappa shape index (κ1) is 8.67. The van der Waals surface area contributed by atoms with E-state index in [1.807, 2.05) is 0 Å². The van der Waals surface area contributed by atoms with Crippen molar-refractivity contribution in [3.63, 3.8) is 0 Å². The summed E-state index contributed by atoms with van der Waals surface area (Å²) in [6.07, 6.45) is 1.33. The fraction of sp³-hybridized carbons (Fsp3) is 0. The minimum atomic E-state index is -0.361. The van der Waals surface area contributed by atoms with Crippen molar-refractivity contribution in [1.29, 1.82) is 0 Å². The number of nitrogens with zero attached hydrogens (tertiary/aromatic N) is 1. The van der Waals surface area contributed by atoms with Crippen molar-refractivity contribution >= 4 is 50.1 Å². The van der Waals surface area contributed by atoms with Crippen molar-refractivity contribution in [3.8, 4) is 0 Å². The van der Waals surface area contributed by atoms with E-state index in [0.717, 1.165) is 0 Å². The fourth-order valence-electron chi connectivity index (χ4n) is 0.422. The predicted molar refractivity (Wildman–Crippen MR) is 49.6 cm³/mol. The first-order chi connectivity index (χ1) is 4.63. The summed E-state index contributed by atoms with van der Waals surface area (Å²) in [5, 5.41) is 0.196. The molecule has 0 unspecified atom stereocenters. The van der Waals surface area contributed by atoms with Crippen LogP contribution in [-0.2, 0) is 0 Å². The summed E-state index contributed by atoms with van der Waals surface area (Å²) in [6, 6.07) is 0. The van der Waals surface area contributed by atoms with Gasteiger partial charge in [-0.05, 0) is 38.5 Å². The summed E-state index contributed by atoms with van der Waals surface area (Å²) in [5.41, 5.74) is 0. The van der Waals surface area contributed by atoms with Crippen molar-refractivity contribution < 1.29 is 4.39 Å². The molecule has 0 aliphatic heterocycles. The summed E-state index contributed by atoms with van der Waals surface area (Å²) in [6.45, 7) is 0. The zero-order valence-electron chi connectivity index (χ0n) is 4.54. The Morgan fingerprint density at radius 2 is 2.30 bits per heavy atom. The lowest BCUT2D eigenvalue weighted by atomic mass is 10.5. The van der Waals surface area contributed by atoms with Crippen LogP contribution in [0.4, 0.5) is 4.39 Å². The normalized spacial score (nSPS) is 10.0. The molecule has 0 N–H and O–H groups in total. The summed E-state index contributed by atoms with van der Waals surface area (Å²) in [4.78, 5) is 3.71. The van der Waals surface area contributed by atoms with E-state index in [2.05, 4.69) is 20.9 Å². The number of rotatable bonds is 0. The molecule has 0 atom stereocenters. The third kappa shape index (κ3) is 1.60. The van der Waals surface area contributed by atoms with Crippen molar-refractivity contribution in [2.24, 2.45) is 0 Å². The van der Waals surface area contributed by atoms with Crippen LogP contribution >= 0.6 is 50.1 Å². The third-order valence-electron chi connectivity index (χ3n) is 0.875. The van der Waals surface area contributed by atoms with Gasteiger partial charge in [-0.25, -0.2) is 9.37 Å². The molecular formula is C5HBrClFIN. The van der Waals surface area contributed by atoms with Gasteiger partial charge in [-0.15, -0.1) is 0 Å². The molecule has 1 nitrogen and oxygen atoms in total. The standard InChI is InChI=1S/C5HBrClFIN/c6-2-1-10-5(7)4(9)3(2)8/h1H. The molecule has 1 aromatic heterocycles. The summed E-state index contributed by atoms with van der Waals surface area (Å²) < 4.78 is 13.5. The van der Waals surface area contributed by atoms with Gasteiger partial charge in [0.15, 0.2) is 5.82 Å². The van der Waals surface area contributed by atoms with Crippen LogP contribution in [0.5, 0.6) is 0 Å². The molecule has 5 heteroatoms. The highest BCUT2D eigenvalue weighted by atomic mass is 127. The Kier molecular flexibility index (Phi) is 2.88. The van der Waals surface area contributed by atoms with Crippen LogP contribution in [0.25, 0.3) is 0 Å². The predicted octanol–water partition coefficient (Wildman–Crippen LogP) is 3.24. The number of hydrogen-bond acceptors (Lipinski definition) is 1. The second kappa shape index (κ2) is 3.32. The molecule has 0 aromatic carbocycles. The van der Waals surface area contributed by atoms with Crippen molar-refractivity contribution in [3.05, 3.63) is 25.2 Å². The van der Waals surface area contributed by atoms with E-state index >= 15 is 0 Å². The maximum absolute atomic E-state index is 12.8. The van der Waals surface area contributed by atoms with Crippen molar-refractivity contribution in [2.45, 2.75) is 0 Å². The Hall–Kier alpha value is 0.580. The largest absolute Gasteiger partial charge is 0.242 e. The number of halogens is 4. The minimum absolute atomic E-state index is 0.196. The maximum Gasteiger partial charge on any atom is 0.155 e. The van der Waals surface area contributed by atoms with Gasteiger partial charge in [0, 0.05) is 6.20 Å². The second-order valence-corrected chi connectivity index (χ2v) is 3.82. The minimum Gasteiger partial charge on any atom is -0.242 e. The smallest absolute Gasteiger partial charge is 0.155 e. The lowest BCUT2D eigenvalue weighted by molar-refractivity contribution is 0.611. The molecule has 0 radical (unpaired) electrons. The molecule has 0 saturated carbocycles. The molecule has 1 rings (SSSR count). The molecule has 1 aromatic rings. The lowest BCUT2D eigenvalue weighted by Crippen LogP contribution is -1.87. The average Bonchev–Trinajstić information content (AvgIpc) is 1.93. The highest BCUT2D eigenvalue weighted by Gasteiger charge is 2.07. The number of pyridine rings is 1. The molecule has 0 saturated heterocycles. The molecule has 1 heterocycles. The Balaban J connectivity index is 3.34. The van der Waals surface area contributed by atoms with E-state index in [1.54, 1.807) is 22.6 Å². The highest BCUT2D eigenvalue weighted by molar-refractivity contribution is 14.1. The van der Waals surface area contributed by atoms with E-state index in [0.29, 0.717) is 8.04 Å². The quantitative estimate of drug-likeness (QED) is 0.524. The molecular weight excluding hydrogens is 335 g/mol. The van der Waals surface area contributed by atoms with E-state index in [-0.39, 0.29) is 11.0 Å². The van der Waals surface area contributed by atoms with Crippen LogP contribution in [0, 0.1) is 9.39 Å². The lowest BCUT2D eigenvalue weighted by Gasteiger charge is -1.97. The van der Waals surface area contributed by atoms with Crippen LogP contribution in [0.15, 0.2) is 10.7 Å². The van der Waals surface area contributed by atoms with E-state index < -0.39 is 0 Å². The van der Waals surface area contributed by atoms with Crippen LogP contribution in [-0.4, -0.2) is 4.98 Å². The van der Waals surface area contributed by atoms with E-state index in [9.17, 15) is 4.39 Å². The molecule has 10 heavy (non-hydrogen) atoms. The van der Waals surface area contributed by atoms with E-state index in [4.69, 9.17) is 11.6 Å². The van der Waals surface area contributed by atoms with Gasteiger partial charge in [-0.2, -0.15) is 0 Å². The van der Waals surface area contributed by atoms with Gasteiger partial charge in [0.25, 0.3) is 0 Å². The molecule has 0 amide bonds. The molecule has 54 valence electrons. The van der Waals surface area contributed by atoms with E-state index in [1.165, 1.54) is 6.20 Å². The fourth-order valence-corrected chi connectivity index (χ4v) is 1.65. The molecule has 0 spiro atoms. The zero-order valence-corrected chi connectivity index (χ0v) is 9.04. The van der Waals surface area contributed by atoms with Crippen LogP contribution in [0.3, 0.4) is 0 Å². The maximum atomic E-state index is 12.8. The van der Waals surface area contributed by atoms with Gasteiger partial charge in [-0.3, -0.25) is 0 Å². The van der Waals surface area contributed by atoms with Crippen LogP contribution < -0.4 is 0 Å². The van der Waals surface area contributed by atoms with Gasteiger partial charge in [0.2, 0.25) is 0 Å². The van der Waals surface area contributed by atoms with Gasteiger partial charge < -0.3 is 0 Å².